The van der Waals surface area contributed by atoms with Gasteiger partial charge in [0.15, 0.2) is 0 Å². The van der Waals surface area contributed by atoms with Crippen molar-refractivity contribution in [3.8, 4) is 0 Å². The average Bonchev–Trinajstić information content (AvgIpc) is 3.21. The topological polar surface area (TPSA) is 20.3 Å². The lowest BCUT2D eigenvalue weighted by atomic mass is 10.2. The molecule has 2 fully saturated rings. The summed E-state index contributed by atoms with van der Waals surface area (Å²) >= 11 is 10.4. The second-order valence-electron chi connectivity index (χ2n) is 5.30. The second kappa shape index (κ2) is 4.78. The Morgan fingerprint density at radius 1 is 1.33 bits per heavy atom. The highest BCUT2D eigenvalue weighted by atomic mass is 35.5. The number of rotatable bonds is 4. The Balaban J connectivity index is 1.83. The van der Waals surface area contributed by atoms with E-state index in [9.17, 15) is 4.79 Å². The third-order valence-corrected chi connectivity index (χ3v) is 4.19. The molecule has 1 aromatic rings. The molecule has 1 amide bonds. The molecule has 0 bridgehead atoms. The van der Waals surface area contributed by atoms with Crippen LogP contribution in [0.1, 0.15) is 36.0 Å². The van der Waals surface area contributed by atoms with Gasteiger partial charge in [0.2, 0.25) is 0 Å². The second-order valence-corrected chi connectivity index (χ2v) is 6.22. The minimum atomic E-state index is 0.0744. The smallest absolute Gasteiger partial charge is 0.255 e. The van der Waals surface area contributed by atoms with Gasteiger partial charge in [-0.15, -0.1) is 12.6 Å². The molecule has 3 rings (SSSR count). The third-order valence-electron chi connectivity index (χ3n) is 3.58. The van der Waals surface area contributed by atoms with Crippen molar-refractivity contribution in [1.29, 1.82) is 0 Å². The van der Waals surface area contributed by atoms with E-state index in [1.807, 2.05) is 11.0 Å². The molecule has 0 aromatic heterocycles. The van der Waals surface area contributed by atoms with Gasteiger partial charge in [-0.05, 0) is 49.8 Å². The van der Waals surface area contributed by atoms with Crippen LogP contribution in [-0.2, 0) is 0 Å². The molecule has 0 aliphatic heterocycles. The molecule has 0 spiro atoms. The van der Waals surface area contributed by atoms with Crippen molar-refractivity contribution < 1.29 is 4.79 Å². The van der Waals surface area contributed by atoms with Crippen molar-refractivity contribution in [3.63, 3.8) is 0 Å². The molecule has 0 atom stereocenters. The number of carbonyl (C=O) groups excluding carboxylic acids is 1. The van der Waals surface area contributed by atoms with E-state index in [0.29, 0.717) is 22.5 Å². The van der Waals surface area contributed by atoms with Gasteiger partial charge >= 0.3 is 0 Å². The van der Waals surface area contributed by atoms with Crippen molar-refractivity contribution in [2.75, 3.05) is 6.54 Å². The number of carbonyl (C=O) groups is 1. The van der Waals surface area contributed by atoms with Crippen LogP contribution < -0.4 is 0 Å². The predicted octanol–water partition coefficient (Wildman–Crippen LogP) is 3.64. The first-order chi connectivity index (χ1) is 8.65. The molecule has 18 heavy (non-hydrogen) atoms. The first-order valence-electron chi connectivity index (χ1n) is 6.44. The van der Waals surface area contributed by atoms with E-state index in [-0.39, 0.29) is 5.91 Å². The van der Waals surface area contributed by atoms with Crippen LogP contribution in [0.2, 0.25) is 5.02 Å². The molecule has 0 radical (unpaired) electrons. The Bertz CT molecular complexity index is 483. The molecule has 1 aromatic carbocycles. The summed E-state index contributed by atoms with van der Waals surface area (Å²) in [5.74, 6) is 0.790. The van der Waals surface area contributed by atoms with E-state index >= 15 is 0 Å². The summed E-state index contributed by atoms with van der Waals surface area (Å²) in [6.45, 7) is 0.899. The van der Waals surface area contributed by atoms with Gasteiger partial charge in [-0.1, -0.05) is 11.6 Å². The highest BCUT2D eigenvalue weighted by molar-refractivity contribution is 7.80. The van der Waals surface area contributed by atoms with Crippen LogP contribution in [0.4, 0.5) is 0 Å². The zero-order valence-electron chi connectivity index (χ0n) is 10.1. The van der Waals surface area contributed by atoms with Crippen molar-refractivity contribution >= 4 is 30.1 Å². The molecule has 0 N–H and O–H groups in total. The first-order valence-corrected chi connectivity index (χ1v) is 7.27. The molecular weight excluding hydrogens is 266 g/mol. The summed E-state index contributed by atoms with van der Waals surface area (Å²) in [7, 11) is 0. The van der Waals surface area contributed by atoms with Crippen molar-refractivity contribution in [3.05, 3.63) is 28.8 Å². The SMILES string of the molecule is O=C(c1cc(S)ccc1Cl)N(CC1CC1)C1CC1. The summed E-state index contributed by atoms with van der Waals surface area (Å²) in [5, 5.41) is 0.527. The minimum absolute atomic E-state index is 0.0744. The summed E-state index contributed by atoms with van der Waals surface area (Å²) < 4.78 is 0. The zero-order valence-corrected chi connectivity index (χ0v) is 11.8. The number of amides is 1. The number of hydrogen-bond acceptors (Lipinski definition) is 2. The van der Waals surface area contributed by atoms with E-state index in [0.717, 1.165) is 24.3 Å². The Morgan fingerprint density at radius 2 is 2.06 bits per heavy atom. The minimum Gasteiger partial charge on any atom is -0.335 e. The zero-order chi connectivity index (χ0) is 12.7. The first kappa shape index (κ1) is 12.4. The molecule has 0 heterocycles. The van der Waals surface area contributed by atoms with Gasteiger partial charge in [-0.25, -0.2) is 0 Å². The van der Waals surface area contributed by atoms with E-state index in [2.05, 4.69) is 12.6 Å². The maximum Gasteiger partial charge on any atom is 0.255 e. The fourth-order valence-corrected chi connectivity index (χ4v) is 2.60. The monoisotopic (exact) mass is 281 g/mol. The summed E-state index contributed by atoms with van der Waals surface area (Å²) in [5.41, 5.74) is 0.594. The highest BCUT2D eigenvalue weighted by Crippen LogP contribution is 2.36. The number of thiol groups is 1. The molecule has 0 saturated heterocycles. The Hall–Kier alpha value is -0.670. The molecular formula is C14H16ClNOS. The molecule has 2 nitrogen and oxygen atoms in total. The van der Waals surface area contributed by atoms with Crippen LogP contribution in [0.15, 0.2) is 23.1 Å². The molecule has 2 saturated carbocycles. The molecule has 2 aliphatic carbocycles. The van der Waals surface area contributed by atoms with Crippen molar-refractivity contribution in [2.45, 2.75) is 36.6 Å². The van der Waals surface area contributed by atoms with Crippen molar-refractivity contribution in [1.82, 2.24) is 4.90 Å². The normalized spacial score (nSPS) is 18.8. The summed E-state index contributed by atoms with van der Waals surface area (Å²) in [6, 6.07) is 5.78. The van der Waals surface area contributed by atoms with E-state index in [1.54, 1.807) is 12.1 Å². The van der Waals surface area contributed by atoms with Gasteiger partial charge < -0.3 is 4.90 Å². The van der Waals surface area contributed by atoms with Crippen molar-refractivity contribution in [2.24, 2.45) is 5.92 Å². The molecule has 2 aliphatic rings. The Morgan fingerprint density at radius 3 is 2.67 bits per heavy atom. The largest absolute Gasteiger partial charge is 0.335 e. The lowest BCUT2D eigenvalue weighted by Gasteiger charge is -2.23. The summed E-state index contributed by atoms with van der Waals surface area (Å²) in [4.78, 5) is 15.4. The maximum absolute atomic E-state index is 12.6. The fourth-order valence-electron chi connectivity index (χ4n) is 2.19. The van der Waals surface area contributed by atoms with Crippen LogP contribution in [0.25, 0.3) is 0 Å². The summed E-state index contributed by atoms with van der Waals surface area (Å²) in [6.07, 6.45) is 4.79. The average molecular weight is 282 g/mol. The number of nitrogens with zero attached hydrogens (tertiary/aromatic N) is 1. The van der Waals surface area contributed by atoms with Gasteiger partial charge in [0.1, 0.15) is 0 Å². The lowest BCUT2D eigenvalue weighted by Crippen LogP contribution is -2.35. The number of hydrogen-bond donors (Lipinski definition) is 1. The number of halogens is 1. The van der Waals surface area contributed by atoms with Crippen LogP contribution in [0, 0.1) is 5.92 Å². The number of benzene rings is 1. The van der Waals surface area contributed by atoms with E-state index < -0.39 is 0 Å². The molecule has 0 unspecified atom stereocenters. The quantitative estimate of drug-likeness (QED) is 0.836. The van der Waals surface area contributed by atoms with E-state index in [1.165, 1.54) is 12.8 Å². The molecule has 96 valence electrons. The third kappa shape index (κ3) is 2.67. The van der Waals surface area contributed by atoms with Gasteiger partial charge in [0.25, 0.3) is 5.91 Å². The maximum atomic E-state index is 12.6. The van der Waals surface area contributed by atoms with Gasteiger partial charge in [0.05, 0.1) is 10.6 Å². The van der Waals surface area contributed by atoms with Crippen LogP contribution in [0.3, 0.4) is 0 Å². The standard InChI is InChI=1S/C14H16ClNOS/c15-13-6-5-11(18)7-12(13)14(17)16(10-3-4-10)8-9-1-2-9/h5-7,9-10,18H,1-4,8H2. The van der Waals surface area contributed by atoms with Gasteiger partial charge in [0, 0.05) is 17.5 Å². The van der Waals surface area contributed by atoms with E-state index in [4.69, 9.17) is 11.6 Å². The fraction of sp³-hybridized carbons (Fsp3) is 0.500. The van der Waals surface area contributed by atoms with Crippen LogP contribution >= 0.6 is 24.2 Å². The lowest BCUT2D eigenvalue weighted by molar-refractivity contribution is 0.0734. The Labute approximate surface area is 118 Å². The predicted molar refractivity (Wildman–Crippen MR) is 75.5 cm³/mol. The van der Waals surface area contributed by atoms with Gasteiger partial charge in [-0.2, -0.15) is 0 Å². The van der Waals surface area contributed by atoms with Crippen LogP contribution in [-0.4, -0.2) is 23.4 Å². The molecule has 4 heteroatoms. The van der Waals surface area contributed by atoms with Gasteiger partial charge in [-0.3, -0.25) is 4.79 Å². The van der Waals surface area contributed by atoms with Crippen LogP contribution in [0.5, 0.6) is 0 Å². The highest BCUT2D eigenvalue weighted by Gasteiger charge is 2.37. The Kier molecular flexibility index (Phi) is 3.29.